The van der Waals surface area contributed by atoms with Gasteiger partial charge < -0.3 is 9.80 Å². The zero-order valence-corrected chi connectivity index (χ0v) is 18.8. The molecule has 1 aliphatic rings. The summed E-state index contributed by atoms with van der Waals surface area (Å²) in [5.41, 5.74) is 6.73. The van der Waals surface area contributed by atoms with Gasteiger partial charge in [0, 0.05) is 37.4 Å². The molecule has 32 heavy (non-hydrogen) atoms. The third-order valence-electron chi connectivity index (χ3n) is 6.94. The van der Waals surface area contributed by atoms with Crippen molar-refractivity contribution in [3.05, 3.63) is 132 Å². The van der Waals surface area contributed by atoms with Crippen LogP contribution in [0.4, 0.5) is 11.4 Å². The van der Waals surface area contributed by atoms with Crippen LogP contribution in [0.3, 0.4) is 0 Å². The number of fused-ring (bicyclic) bond motifs is 1. The van der Waals surface area contributed by atoms with Crippen molar-refractivity contribution in [2.75, 3.05) is 23.9 Å². The van der Waals surface area contributed by atoms with E-state index in [1.54, 1.807) is 0 Å². The van der Waals surface area contributed by atoms with Crippen LogP contribution in [0.25, 0.3) is 0 Å². The van der Waals surface area contributed by atoms with E-state index in [1.165, 1.54) is 28.1 Å². The van der Waals surface area contributed by atoms with Crippen LogP contribution in [0.15, 0.2) is 115 Å². The molecule has 0 radical (unpaired) electrons. The fraction of sp³-hybridized carbons (Fsp3) is 0.200. The first-order valence-electron chi connectivity index (χ1n) is 11.4. The monoisotopic (exact) mass is 418 g/mol. The first-order chi connectivity index (χ1) is 15.7. The Morgan fingerprint density at radius 2 is 1.25 bits per heavy atom. The Hall–Kier alpha value is -3.52. The van der Waals surface area contributed by atoms with Crippen molar-refractivity contribution in [3.8, 4) is 0 Å². The highest BCUT2D eigenvalue weighted by Crippen LogP contribution is 2.49. The standard InChI is InChI=1S/C30H30N2/c1-31(25-18-10-5-11-19-25)30-26-20-12-13-21-27(26)32(2)28(22-23-14-6-3-7-15-23)29(30)24-16-8-4-9-17-24/h3-21,28-30H,22H2,1-2H3. The fourth-order valence-electron chi connectivity index (χ4n) is 5.35. The fourth-order valence-corrected chi connectivity index (χ4v) is 5.35. The van der Waals surface area contributed by atoms with Gasteiger partial charge in [0.25, 0.3) is 0 Å². The number of para-hydroxylation sites is 2. The topological polar surface area (TPSA) is 6.48 Å². The molecule has 3 unspecified atom stereocenters. The van der Waals surface area contributed by atoms with E-state index in [0.717, 1.165) is 6.42 Å². The summed E-state index contributed by atoms with van der Waals surface area (Å²) in [6.45, 7) is 0. The van der Waals surface area contributed by atoms with Gasteiger partial charge >= 0.3 is 0 Å². The lowest BCUT2D eigenvalue weighted by Gasteiger charge is -2.50. The number of likely N-dealkylation sites (N-methyl/N-ethyl adjacent to an activating group) is 2. The van der Waals surface area contributed by atoms with Crippen LogP contribution in [0, 0.1) is 0 Å². The number of anilines is 2. The van der Waals surface area contributed by atoms with E-state index >= 15 is 0 Å². The lowest BCUT2D eigenvalue weighted by Crippen LogP contribution is -2.49. The van der Waals surface area contributed by atoms with Gasteiger partial charge in [-0.1, -0.05) is 97.1 Å². The van der Waals surface area contributed by atoms with Crippen molar-refractivity contribution < 1.29 is 0 Å². The number of benzene rings is 4. The Morgan fingerprint density at radius 1 is 0.688 bits per heavy atom. The van der Waals surface area contributed by atoms with Crippen LogP contribution in [-0.2, 0) is 6.42 Å². The minimum atomic E-state index is 0.237. The van der Waals surface area contributed by atoms with Gasteiger partial charge in [-0.05, 0) is 41.3 Å². The molecule has 0 aliphatic carbocycles. The molecule has 0 spiro atoms. The molecule has 1 heterocycles. The molecule has 0 fully saturated rings. The lowest BCUT2D eigenvalue weighted by atomic mass is 9.74. The number of nitrogens with zero attached hydrogens (tertiary/aromatic N) is 2. The Labute approximate surface area is 191 Å². The molecular formula is C30H30N2. The maximum Gasteiger partial charge on any atom is 0.0647 e. The van der Waals surface area contributed by atoms with Crippen molar-refractivity contribution in [3.63, 3.8) is 0 Å². The average Bonchev–Trinajstić information content (AvgIpc) is 2.87. The van der Waals surface area contributed by atoms with Crippen molar-refractivity contribution in [2.45, 2.75) is 24.4 Å². The van der Waals surface area contributed by atoms with Gasteiger partial charge in [0.05, 0.1) is 6.04 Å². The molecule has 4 aromatic rings. The molecule has 160 valence electrons. The van der Waals surface area contributed by atoms with E-state index < -0.39 is 0 Å². The van der Waals surface area contributed by atoms with Gasteiger partial charge in [-0.2, -0.15) is 0 Å². The molecule has 1 aliphatic heterocycles. The normalized spacial score (nSPS) is 19.9. The van der Waals surface area contributed by atoms with E-state index in [9.17, 15) is 0 Å². The van der Waals surface area contributed by atoms with Crippen LogP contribution in [0.2, 0.25) is 0 Å². The molecule has 0 N–H and O–H groups in total. The second-order valence-electron chi connectivity index (χ2n) is 8.75. The number of hydrogen-bond acceptors (Lipinski definition) is 2. The highest BCUT2D eigenvalue weighted by Gasteiger charge is 2.42. The first-order valence-corrected chi connectivity index (χ1v) is 11.4. The van der Waals surface area contributed by atoms with Crippen molar-refractivity contribution in [1.29, 1.82) is 0 Å². The predicted molar refractivity (Wildman–Crippen MR) is 136 cm³/mol. The molecule has 2 heteroatoms. The van der Waals surface area contributed by atoms with Gasteiger partial charge in [-0.25, -0.2) is 0 Å². The SMILES string of the molecule is CN1c2ccccc2C(N(C)c2ccccc2)C(c2ccccc2)C1Cc1ccccc1. The molecule has 0 amide bonds. The molecule has 5 rings (SSSR count). The minimum absolute atomic E-state index is 0.237. The summed E-state index contributed by atoms with van der Waals surface area (Å²) in [5.74, 6) is 0.321. The summed E-state index contributed by atoms with van der Waals surface area (Å²) in [4.78, 5) is 4.98. The van der Waals surface area contributed by atoms with E-state index in [0.29, 0.717) is 12.0 Å². The molecule has 0 aromatic heterocycles. The quantitative estimate of drug-likeness (QED) is 0.355. The summed E-state index contributed by atoms with van der Waals surface area (Å²) in [6.07, 6.45) is 1.00. The third-order valence-corrected chi connectivity index (χ3v) is 6.94. The summed E-state index contributed by atoms with van der Waals surface area (Å²) in [6, 6.07) is 42.3. The Bertz CT molecular complexity index is 1140. The molecule has 4 aromatic carbocycles. The molecule has 3 atom stereocenters. The third kappa shape index (κ3) is 3.78. The number of hydrogen-bond donors (Lipinski definition) is 0. The average molecular weight is 419 g/mol. The van der Waals surface area contributed by atoms with E-state index in [1.807, 2.05) is 0 Å². The highest BCUT2D eigenvalue weighted by molar-refractivity contribution is 5.63. The smallest absolute Gasteiger partial charge is 0.0647 e. The van der Waals surface area contributed by atoms with E-state index in [-0.39, 0.29) is 6.04 Å². The van der Waals surface area contributed by atoms with Crippen LogP contribution in [0.1, 0.15) is 28.7 Å². The first kappa shape index (κ1) is 20.4. The van der Waals surface area contributed by atoms with Gasteiger partial charge in [0.15, 0.2) is 0 Å². The molecule has 2 nitrogen and oxygen atoms in total. The largest absolute Gasteiger partial charge is 0.370 e. The zero-order chi connectivity index (χ0) is 21.9. The zero-order valence-electron chi connectivity index (χ0n) is 18.8. The van der Waals surface area contributed by atoms with Gasteiger partial charge in [-0.3, -0.25) is 0 Å². The minimum Gasteiger partial charge on any atom is -0.370 e. The summed E-state index contributed by atoms with van der Waals surface area (Å²) in [5, 5.41) is 0. The van der Waals surface area contributed by atoms with Crippen LogP contribution in [0.5, 0.6) is 0 Å². The highest BCUT2D eigenvalue weighted by atomic mass is 15.2. The van der Waals surface area contributed by atoms with Crippen LogP contribution >= 0.6 is 0 Å². The second-order valence-corrected chi connectivity index (χ2v) is 8.75. The van der Waals surface area contributed by atoms with Gasteiger partial charge in [0.1, 0.15) is 0 Å². The Morgan fingerprint density at radius 3 is 1.94 bits per heavy atom. The van der Waals surface area contributed by atoms with Crippen molar-refractivity contribution >= 4 is 11.4 Å². The van der Waals surface area contributed by atoms with E-state index in [2.05, 4.69) is 139 Å². The molecule has 0 bridgehead atoms. The Kier molecular flexibility index (Phi) is 5.68. The van der Waals surface area contributed by atoms with Crippen LogP contribution in [-0.4, -0.2) is 20.1 Å². The molecular weight excluding hydrogens is 388 g/mol. The predicted octanol–water partition coefficient (Wildman–Crippen LogP) is 6.71. The van der Waals surface area contributed by atoms with Crippen molar-refractivity contribution in [1.82, 2.24) is 0 Å². The van der Waals surface area contributed by atoms with Crippen molar-refractivity contribution in [2.24, 2.45) is 0 Å². The summed E-state index contributed by atoms with van der Waals surface area (Å²) >= 11 is 0. The molecule has 0 saturated carbocycles. The van der Waals surface area contributed by atoms with E-state index in [4.69, 9.17) is 0 Å². The molecule has 0 saturated heterocycles. The lowest BCUT2D eigenvalue weighted by molar-refractivity contribution is 0.406. The maximum atomic E-state index is 2.51. The summed E-state index contributed by atoms with van der Waals surface area (Å²) in [7, 11) is 4.51. The van der Waals surface area contributed by atoms with Gasteiger partial charge in [-0.15, -0.1) is 0 Å². The number of rotatable bonds is 5. The Balaban J connectivity index is 1.68. The second kappa shape index (κ2) is 8.92. The summed E-state index contributed by atoms with van der Waals surface area (Å²) < 4.78 is 0. The van der Waals surface area contributed by atoms with Crippen LogP contribution < -0.4 is 9.80 Å². The van der Waals surface area contributed by atoms with Gasteiger partial charge in [0.2, 0.25) is 0 Å². The maximum absolute atomic E-state index is 2.51.